The van der Waals surface area contributed by atoms with Gasteiger partial charge in [0.25, 0.3) is 0 Å². The number of carbonyl (C=O) groups is 1. The summed E-state index contributed by atoms with van der Waals surface area (Å²) in [7, 11) is -2.96. The molecule has 2 aliphatic rings. The Balaban J connectivity index is 2.13. The number of hydrogen-bond acceptors (Lipinski definition) is 5. The first kappa shape index (κ1) is 12.3. The summed E-state index contributed by atoms with van der Waals surface area (Å²) in [6.07, 6.45) is 0.680. The number of sulfone groups is 1. The number of amides is 1. The van der Waals surface area contributed by atoms with Gasteiger partial charge in [0.1, 0.15) is 6.04 Å². The highest BCUT2D eigenvalue weighted by atomic mass is 32.2. The number of carbonyl (C=O) groups excluding carboxylic acids is 1. The molecule has 2 fully saturated rings. The third-order valence-corrected chi connectivity index (χ3v) is 5.08. The van der Waals surface area contributed by atoms with E-state index in [-0.39, 0.29) is 29.9 Å². The Hall–Kier alpha value is -1.13. The Morgan fingerprint density at radius 1 is 1.53 bits per heavy atom. The molecule has 6 nitrogen and oxygen atoms in total. The van der Waals surface area contributed by atoms with Crippen LogP contribution in [0.25, 0.3) is 0 Å². The summed E-state index contributed by atoms with van der Waals surface area (Å²) >= 11 is 0. The van der Waals surface area contributed by atoms with E-state index in [9.17, 15) is 13.2 Å². The van der Waals surface area contributed by atoms with E-state index in [4.69, 9.17) is 5.26 Å². The molecule has 2 unspecified atom stereocenters. The predicted molar refractivity (Wildman–Crippen MR) is 60.8 cm³/mol. The van der Waals surface area contributed by atoms with Crippen molar-refractivity contribution in [2.24, 2.45) is 0 Å². The number of rotatable bonds is 2. The van der Waals surface area contributed by atoms with Crippen molar-refractivity contribution in [3.05, 3.63) is 0 Å². The topological polar surface area (TPSA) is 90.3 Å². The fraction of sp³-hybridized carbons (Fsp3) is 0.800. The van der Waals surface area contributed by atoms with Gasteiger partial charge >= 0.3 is 0 Å². The average molecular weight is 257 g/mol. The molecule has 0 saturated carbocycles. The summed E-state index contributed by atoms with van der Waals surface area (Å²) in [6, 6.07) is 1.39. The third kappa shape index (κ3) is 2.58. The van der Waals surface area contributed by atoms with Gasteiger partial charge in [0.05, 0.1) is 24.0 Å². The molecule has 1 N–H and O–H groups in total. The quantitative estimate of drug-likeness (QED) is 0.677. The van der Waals surface area contributed by atoms with Crippen LogP contribution in [0.3, 0.4) is 0 Å². The number of nitrogens with one attached hydrogen (secondary N) is 1. The molecule has 0 aromatic carbocycles. The fourth-order valence-corrected chi connectivity index (χ4v) is 4.25. The van der Waals surface area contributed by atoms with Gasteiger partial charge in [-0.25, -0.2) is 8.42 Å². The van der Waals surface area contributed by atoms with E-state index in [1.807, 2.05) is 11.0 Å². The second-order valence-corrected chi connectivity index (χ2v) is 6.69. The molecular weight excluding hydrogens is 242 g/mol. The molecule has 2 atom stereocenters. The molecule has 2 saturated heterocycles. The molecule has 0 aromatic rings. The maximum Gasteiger partial charge on any atom is 0.238 e. The lowest BCUT2D eigenvalue weighted by Gasteiger charge is -2.37. The molecule has 17 heavy (non-hydrogen) atoms. The van der Waals surface area contributed by atoms with Crippen molar-refractivity contribution in [3.8, 4) is 6.07 Å². The van der Waals surface area contributed by atoms with Crippen molar-refractivity contribution in [2.45, 2.75) is 24.9 Å². The number of piperazine rings is 1. The zero-order valence-corrected chi connectivity index (χ0v) is 10.2. The average Bonchev–Trinajstić information content (AvgIpc) is 2.62. The normalized spacial score (nSPS) is 33.0. The van der Waals surface area contributed by atoms with E-state index in [0.29, 0.717) is 19.5 Å². The van der Waals surface area contributed by atoms with Crippen molar-refractivity contribution in [3.63, 3.8) is 0 Å². The molecule has 2 rings (SSSR count). The Morgan fingerprint density at radius 2 is 2.29 bits per heavy atom. The van der Waals surface area contributed by atoms with Gasteiger partial charge < -0.3 is 5.32 Å². The zero-order valence-electron chi connectivity index (χ0n) is 9.42. The van der Waals surface area contributed by atoms with Crippen LogP contribution in [0.1, 0.15) is 12.8 Å². The minimum absolute atomic E-state index is 0.107. The molecule has 94 valence electrons. The Kier molecular flexibility index (Phi) is 3.35. The lowest BCUT2D eigenvalue weighted by atomic mass is 10.1. The van der Waals surface area contributed by atoms with Gasteiger partial charge in [-0.15, -0.1) is 0 Å². The summed E-state index contributed by atoms with van der Waals surface area (Å²) in [5.41, 5.74) is 0. The molecule has 0 spiro atoms. The zero-order chi connectivity index (χ0) is 12.5. The standard InChI is InChI=1S/C10H15N3O3S/c11-3-1-9-10(14)12-4-5-13(9)8-2-6-17(15,16)7-8/h8-9H,1-2,4-7H2,(H,12,14). The van der Waals surface area contributed by atoms with Gasteiger partial charge in [-0.05, 0) is 6.42 Å². The summed E-state index contributed by atoms with van der Waals surface area (Å²) in [6.45, 7) is 1.15. The monoisotopic (exact) mass is 257 g/mol. The molecule has 0 bridgehead atoms. The number of nitrogens with zero attached hydrogens (tertiary/aromatic N) is 2. The minimum Gasteiger partial charge on any atom is -0.353 e. The Morgan fingerprint density at radius 3 is 2.88 bits per heavy atom. The predicted octanol–water partition coefficient (Wildman–Crippen LogP) is -1.11. The van der Waals surface area contributed by atoms with Gasteiger partial charge in [0, 0.05) is 19.1 Å². The molecule has 0 radical (unpaired) electrons. The SMILES string of the molecule is N#CCC1C(=O)NCCN1C1CCS(=O)(=O)C1. The second kappa shape index (κ2) is 4.63. The summed E-state index contributed by atoms with van der Waals surface area (Å²) in [5, 5.41) is 11.4. The van der Waals surface area contributed by atoms with Crippen LogP contribution in [0.15, 0.2) is 0 Å². The fourth-order valence-electron chi connectivity index (χ4n) is 2.50. The van der Waals surface area contributed by atoms with Gasteiger partial charge in [-0.3, -0.25) is 9.69 Å². The van der Waals surface area contributed by atoms with Crippen molar-refractivity contribution >= 4 is 15.7 Å². The van der Waals surface area contributed by atoms with Crippen LogP contribution in [0.5, 0.6) is 0 Å². The van der Waals surface area contributed by atoms with Crippen LogP contribution in [-0.2, 0) is 14.6 Å². The van der Waals surface area contributed by atoms with E-state index < -0.39 is 15.9 Å². The maximum absolute atomic E-state index is 11.7. The first-order valence-corrected chi connectivity index (χ1v) is 7.46. The van der Waals surface area contributed by atoms with Crippen molar-refractivity contribution in [2.75, 3.05) is 24.6 Å². The van der Waals surface area contributed by atoms with Crippen molar-refractivity contribution in [1.82, 2.24) is 10.2 Å². The van der Waals surface area contributed by atoms with E-state index in [1.165, 1.54) is 0 Å². The molecule has 2 heterocycles. The van der Waals surface area contributed by atoms with Crippen LogP contribution in [0.4, 0.5) is 0 Å². The Bertz CT molecular complexity index is 454. The highest BCUT2D eigenvalue weighted by Gasteiger charge is 2.39. The van der Waals surface area contributed by atoms with E-state index in [1.54, 1.807) is 0 Å². The Labute approximate surface area is 101 Å². The molecule has 1 amide bonds. The number of hydrogen-bond donors (Lipinski definition) is 1. The van der Waals surface area contributed by atoms with Gasteiger partial charge in [-0.1, -0.05) is 0 Å². The summed E-state index contributed by atoms with van der Waals surface area (Å²) in [4.78, 5) is 13.5. The first-order valence-electron chi connectivity index (χ1n) is 5.64. The van der Waals surface area contributed by atoms with Crippen LogP contribution in [-0.4, -0.2) is 55.9 Å². The van der Waals surface area contributed by atoms with E-state index in [2.05, 4.69) is 5.32 Å². The molecule has 0 aromatic heterocycles. The number of nitriles is 1. The first-order chi connectivity index (χ1) is 8.03. The van der Waals surface area contributed by atoms with Crippen LogP contribution in [0, 0.1) is 11.3 Å². The second-order valence-electron chi connectivity index (χ2n) is 4.46. The van der Waals surface area contributed by atoms with Crippen molar-refractivity contribution in [1.29, 1.82) is 5.26 Å². The highest BCUT2D eigenvalue weighted by Crippen LogP contribution is 2.22. The van der Waals surface area contributed by atoms with Gasteiger partial charge in [0.15, 0.2) is 9.84 Å². The summed E-state index contributed by atoms with van der Waals surface area (Å²) in [5.74, 6) is 0.138. The third-order valence-electron chi connectivity index (χ3n) is 3.33. The van der Waals surface area contributed by atoms with Crippen LogP contribution in [0.2, 0.25) is 0 Å². The molecule has 0 aliphatic carbocycles. The van der Waals surface area contributed by atoms with E-state index in [0.717, 1.165) is 0 Å². The van der Waals surface area contributed by atoms with Crippen LogP contribution < -0.4 is 5.32 Å². The van der Waals surface area contributed by atoms with Gasteiger partial charge in [-0.2, -0.15) is 5.26 Å². The van der Waals surface area contributed by atoms with E-state index >= 15 is 0 Å². The smallest absolute Gasteiger partial charge is 0.238 e. The molecule has 7 heteroatoms. The lowest BCUT2D eigenvalue weighted by molar-refractivity contribution is -0.129. The van der Waals surface area contributed by atoms with Gasteiger partial charge in [0.2, 0.25) is 5.91 Å². The highest BCUT2D eigenvalue weighted by molar-refractivity contribution is 7.91. The van der Waals surface area contributed by atoms with Crippen LogP contribution >= 0.6 is 0 Å². The largest absolute Gasteiger partial charge is 0.353 e. The lowest BCUT2D eigenvalue weighted by Crippen LogP contribution is -2.58. The molecular formula is C10H15N3O3S. The molecule has 2 aliphatic heterocycles. The summed E-state index contributed by atoms with van der Waals surface area (Å²) < 4.78 is 22.9. The maximum atomic E-state index is 11.7. The van der Waals surface area contributed by atoms with Crippen molar-refractivity contribution < 1.29 is 13.2 Å². The minimum atomic E-state index is -2.96.